The molecule has 0 saturated heterocycles. The van der Waals surface area contributed by atoms with Gasteiger partial charge < -0.3 is 24.3 Å². The van der Waals surface area contributed by atoms with E-state index in [0.717, 1.165) is 6.26 Å². The summed E-state index contributed by atoms with van der Waals surface area (Å²) in [6, 6.07) is 7.99. The third kappa shape index (κ3) is 8.78. The first-order valence-electron chi connectivity index (χ1n) is 10.0. The summed E-state index contributed by atoms with van der Waals surface area (Å²) in [4.78, 5) is 22.6. The Hall–Kier alpha value is -2.93. The molecule has 2 rings (SSSR count). The number of rotatable bonds is 14. The summed E-state index contributed by atoms with van der Waals surface area (Å²) in [5.41, 5.74) is -0.0899. The van der Waals surface area contributed by atoms with Crippen molar-refractivity contribution in [3.05, 3.63) is 51.5 Å². The molecule has 0 atom stereocenters. The number of methoxy groups -OCH3 is 1. The highest BCUT2D eigenvalue weighted by Gasteiger charge is 2.17. The maximum Gasteiger partial charge on any atom is 0.307 e. The van der Waals surface area contributed by atoms with Gasteiger partial charge in [0, 0.05) is 32.0 Å². The zero-order valence-corrected chi connectivity index (χ0v) is 20.2. The second-order valence-electron chi connectivity index (χ2n) is 6.90. The van der Waals surface area contributed by atoms with E-state index in [4.69, 9.17) is 30.5 Å². The number of esters is 1. The molecule has 11 nitrogen and oxygen atoms in total. The zero-order chi connectivity index (χ0) is 25.1. The Morgan fingerprint density at radius 3 is 2.50 bits per heavy atom. The number of sulfone groups is 1. The molecule has 0 bridgehead atoms. The van der Waals surface area contributed by atoms with Crippen LogP contribution in [0.5, 0.6) is 11.5 Å². The number of anilines is 1. The molecule has 0 unspecified atom stereocenters. The summed E-state index contributed by atoms with van der Waals surface area (Å²) in [6.07, 6.45) is 1.03. The number of carbonyl (C=O) groups is 1. The van der Waals surface area contributed by atoms with Crippen molar-refractivity contribution in [2.45, 2.75) is 11.3 Å². The predicted octanol–water partition coefficient (Wildman–Crippen LogP) is 3.45. The van der Waals surface area contributed by atoms with E-state index in [2.05, 4.69) is 5.32 Å². The lowest BCUT2D eigenvalue weighted by Gasteiger charge is -2.12. The fourth-order valence-electron chi connectivity index (χ4n) is 2.63. The van der Waals surface area contributed by atoms with Gasteiger partial charge in [0.2, 0.25) is 0 Å². The van der Waals surface area contributed by atoms with Crippen LogP contribution in [-0.2, 0) is 28.8 Å². The quantitative estimate of drug-likeness (QED) is 0.171. The number of hydrogen-bond donors (Lipinski definition) is 1. The maximum absolute atomic E-state index is 11.8. The number of carbonyl (C=O) groups excluding carboxylic acids is 1. The molecule has 2 aromatic carbocycles. The smallest absolute Gasteiger partial charge is 0.307 e. The molecule has 0 radical (unpaired) electrons. The first-order valence-corrected chi connectivity index (χ1v) is 12.3. The number of nitro benzene ring substituents is 1. The summed E-state index contributed by atoms with van der Waals surface area (Å²) in [5.74, 6) is -0.0984. The van der Waals surface area contributed by atoms with Gasteiger partial charge in [-0.1, -0.05) is 11.6 Å². The zero-order valence-electron chi connectivity index (χ0n) is 18.6. The lowest BCUT2D eigenvalue weighted by Crippen LogP contribution is -2.15. The molecule has 1 N–H and O–H groups in total. The molecule has 0 heterocycles. The standard InChI is InChI=1S/C21H25ClN2O9S/c1-30-9-10-31-11-12-32-21(25)7-8-23-18-13-15(3-5-19(18)24(26)27)33-20-6-4-16(14-17(20)22)34(2,28)29/h3-6,13-14,23H,7-12H2,1-2H3. The molecule has 0 aliphatic heterocycles. The molecule has 0 amide bonds. The van der Waals surface area contributed by atoms with Crippen LogP contribution in [0.4, 0.5) is 11.4 Å². The van der Waals surface area contributed by atoms with Crippen LogP contribution >= 0.6 is 11.6 Å². The van der Waals surface area contributed by atoms with Gasteiger partial charge in [-0.2, -0.15) is 0 Å². The Morgan fingerprint density at radius 1 is 1.12 bits per heavy atom. The van der Waals surface area contributed by atoms with E-state index in [-0.39, 0.29) is 59.0 Å². The van der Waals surface area contributed by atoms with Crippen LogP contribution in [0.25, 0.3) is 0 Å². The molecule has 0 aliphatic carbocycles. The van der Waals surface area contributed by atoms with Gasteiger partial charge in [0.1, 0.15) is 23.8 Å². The van der Waals surface area contributed by atoms with Crippen molar-refractivity contribution in [1.29, 1.82) is 0 Å². The largest absolute Gasteiger partial charge is 0.463 e. The van der Waals surface area contributed by atoms with Gasteiger partial charge in [-0.25, -0.2) is 8.42 Å². The van der Waals surface area contributed by atoms with Gasteiger partial charge in [0.15, 0.2) is 9.84 Å². The topological polar surface area (TPSA) is 143 Å². The minimum absolute atomic E-state index is 0.0287. The van der Waals surface area contributed by atoms with Gasteiger partial charge in [-0.3, -0.25) is 14.9 Å². The van der Waals surface area contributed by atoms with Crippen LogP contribution in [-0.4, -0.2) is 65.6 Å². The Morgan fingerprint density at radius 2 is 1.85 bits per heavy atom. The number of halogens is 1. The van der Waals surface area contributed by atoms with Crippen LogP contribution in [0.3, 0.4) is 0 Å². The average Bonchev–Trinajstić information content (AvgIpc) is 2.77. The second kappa shape index (κ2) is 13.1. The first kappa shape index (κ1) is 27.3. The minimum atomic E-state index is -3.44. The van der Waals surface area contributed by atoms with Crippen LogP contribution in [0.15, 0.2) is 41.3 Å². The summed E-state index contributed by atoms with van der Waals surface area (Å²) in [7, 11) is -1.89. The minimum Gasteiger partial charge on any atom is -0.463 e. The Balaban J connectivity index is 1.98. The number of benzene rings is 2. The van der Waals surface area contributed by atoms with Crippen molar-refractivity contribution in [3.63, 3.8) is 0 Å². The van der Waals surface area contributed by atoms with Gasteiger partial charge >= 0.3 is 5.97 Å². The van der Waals surface area contributed by atoms with Gasteiger partial charge in [0.25, 0.3) is 5.69 Å². The van der Waals surface area contributed by atoms with Crippen molar-refractivity contribution < 1.29 is 37.1 Å². The monoisotopic (exact) mass is 516 g/mol. The van der Waals surface area contributed by atoms with E-state index >= 15 is 0 Å². The number of hydrogen-bond acceptors (Lipinski definition) is 10. The third-order valence-electron chi connectivity index (χ3n) is 4.29. The van der Waals surface area contributed by atoms with Crippen LogP contribution in [0, 0.1) is 10.1 Å². The van der Waals surface area contributed by atoms with E-state index in [1.807, 2.05) is 0 Å². The van der Waals surface area contributed by atoms with Crippen LogP contribution in [0.2, 0.25) is 5.02 Å². The fraction of sp³-hybridized carbons (Fsp3) is 0.381. The van der Waals surface area contributed by atoms with Gasteiger partial charge in [-0.15, -0.1) is 0 Å². The summed E-state index contributed by atoms with van der Waals surface area (Å²) >= 11 is 6.12. The van der Waals surface area contributed by atoms with E-state index in [1.54, 1.807) is 7.11 Å². The summed E-state index contributed by atoms with van der Waals surface area (Å²) < 4.78 is 44.0. The molecular weight excluding hydrogens is 492 g/mol. The van der Waals surface area contributed by atoms with E-state index in [9.17, 15) is 23.3 Å². The van der Waals surface area contributed by atoms with Crippen molar-refractivity contribution in [2.24, 2.45) is 0 Å². The highest BCUT2D eigenvalue weighted by Crippen LogP contribution is 2.35. The lowest BCUT2D eigenvalue weighted by atomic mass is 10.2. The van der Waals surface area contributed by atoms with E-state index in [1.165, 1.54) is 36.4 Å². The lowest BCUT2D eigenvalue weighted by molar-refractivity contribution is -0.384. The Kier molecular flexibility index (Phi) is 10.5. The normalized spacial score (nSPS) is 11.1. The molecule has 13 heteroatoms. The number of nitrogens with one attached hydrogen (secondary N) is 1. The first-order chi connectivity index (χ1) is 16.1. The van der Waals surface area contributed by atoms with Gasteiger partial charge in [-0.05, 0) is 24.3 Å². The molecule has 0 spiro atoms. The number of nitro groups is 1. The fourth-order valence-corrected chi connectivity index (χ4v) is 3.56. The van der Waals surface area contributed by atoms with Crippen molar-refractivity contribution in [3.8, 4) is 11.5 Å². The van der Waals surface area contributed by atoms with Crippen LogP contribution in [0.1, 0.15) is 6.42 Å². The maximum atomic E-state index is 11.8. The molecule has 0 saturated carbocycles. The van der Waals surface area contributed by atoms with Crippen LogP contribution < -0.4 is 10.1 Å². The van der Waals surface area contributed by atoms with Gasteiger partial charge in [0.05, 0.1) is 41.1 Å². The molecule has 0 aromatic heterocycles. The van der Waals surface area contributed by atoms with Crippen molar-refractivity contribution in [2.75, 3.05) is 51.7 Å². The molecule has 2 aromatic rings. The molecular formula is C21H25ClN2O9S. The van der Waals surface area contributed by atoms with Crippen molar-refractivity contribution >= 4 is 38.8 Å². The van der Waals surface area contributed by atoms with E-state index in [0.29, 0.717) is 13.2 Å². The molecule has 0 aliphatic rings. The average molecular weight is 517 g/mol. The van der Waals surface area contributed by atoms with Crippen molar-refractivity contribution in [1.82, 2.24) is 0 Å². The Bertz CT molecular complexity index is 1110. The highest BCUT2D eigenvalue weighted by molar-refractivity contribution is 7.90. The van der Waals surface area contributed by atoms with E-state index < -0.39 is 20.7 Å². The molecule has 0 fully saturated rings. The Labute approximate surface area is 202 Å². The SMILES string of the molecule is COCCOCCOC(=O)CCNc1cc(Oc2ccc(S(C)(=O)=O)cc2Cl)ccc1[N+](=O)[O-]. The number of nitrogens with zero attached hydrogens (tertiary/aromatic N) is 1. The highest BCUT2D eigenvalue weighted by atomic mass is 35.5. The predicted molar refractivity (Wildman–Crippen MR) is 124 cm³/mol. The molecule has 34 heavy (non-hydrogen) atoms. The number of ether oxygens (including phenoxy) is 4. The third-order valence-corrected chi connectivity index (χ3v) is 5.70. The molecule has 186 valence electrons. The summed E-state index contributed by atoms with van der Waals surface area (Å²) in [6.45, 7) is 1.24. The summed E-state index contributed by atoms with van der Waals surface area (Å²) in [5, 5.41) is 14.2. The second-order valence-corrected chi connectivity index (χ2v) is 9.33.